The molecule has 1 aromatic rings. The topological polar surface area (TPSA) is 29.9 Å². The molecule has 0 amide bonds. The first-order chi connectivity index (χ1) is 9.26. The van der Waals surface area contributed by atoms with Crippen molar-refractivity contribution in [1.29, 1.82) is 0 Å². The van der Waals surface area contributed by atoms with E-state index in [-0.39, 0.29) is 0 Å². The third-order valence-corrected chi connectivity index (χ3v) is 5.83. The number of rotatable bonds is 7. The van der Waals surface area contributed by atoms with Crippen LogP contribution < -0.4 is 5.32 Å². The van der Waals surface area contributed by atoms with Gasteiger partial charge in [-0.05, 0) is 42.2 Å². The Morgan fingerprint density at radius 2 is 2.26 bits per heavy atom. The van der Waals surface area contributed by atoms with Gasteiger partial charge in [-0.25, -0.2) is 0 Å². The standard InChI is InChI=1S/C14H24BrN3S/c1-3-8-18-14(12(15)9-17-18)13(16-2)10-19-11-6-4-5-7-11/h9,11,13,16H,3-8,10H2,1-2H3. The summed E-state index contributed by atoms with van der Waals surface area (Å²) in [6.45, 7) is 3.19. The molecule has 19 heavy (non-hydrogen) atoms. The zero-order chi connectivity index (χ0) is 13.7. The maximum Gasteiger partial charge on any atom is 0.0704 e. The van der Waals surface area contributed by atoms with Crippen LogP contribution in [0.25, 0.3) is 0 Å². The smallest absolute Gasteiger partial charge is 0.0704 e. The Balaban J connectivity index is 2.01. The third kappa shape index (κ3) is 3.99. The van der Waals surface area contributed by atoms with E-state index in [0.717, 1.165) is 28.4 Å². The van der Waals surface area contributed by atoms with Gasteiger partial charge in [-0.3, -0.25) is 4.68 Å². The van der Waals surface area contributed by atoms with Crippen LogP contribution in [-0.4, -0.2) is 27.8 Å². The van der Waals surface area contributed by atoms with Crippen molar-refractivity contribution in [2.45, 2.75) is 56.9 Å². The largest absolute Gasteiger partial charge is 0.311 e. The van der Waals surface area contributed by atoms with Gasteiger partial charge in [-0.2, -0.15) is 16.9 Å². The number of aromatic nitrogens is 2. The Bertz CT molecular complexity index is 388. The van der Waals surface area contributed by atoms with E-state index in [1.165, 1.54) is 31.4 Å². The van der Waals surface area contributed by atoms with Crippen LogP contribution >= 0.6 is 27.7 Å². The van der Waals surface area contributed by atoms with E-state index in [1.54, 1.807) is 0 Å². The Kier molecular flexibility index (Phi) is 6.23. The van der Waals surface area contributed by atoms with Gasteiger partial charge in [0.15, 0.2) is 0 Å². The molecule has 0 radical (unpaired) electrons. The molecule has 0 aliphatic heterocycles. The molecular weight excluding hydrogens is 322 g/mol. The summed E-state index contributed by atoms with van der Waals surface area (Å²) in [5.74, 6) is 1.13. The first-order valence-electron chi connectivity index (χ1n) is 7.26. The van der Waals surface area contributed by atoms with Crippen molar-refractivity contribution in [3.05, 3.63) is 16.4 Å². The zero-order valence-corrected chi connectivity index (χ0v) is 14.3. The minimum Gasteiger partial charge on any atom is -0.311 e. The maximum absolute atomic E-state index is 4.47. The molecule has 3 nitrogen and oxygen atoms in total. The van der Waals surface area contributed by atoms with Gasteiger partial charge >= 0.3 is 0 Å². The van der Waals surface area contributed by atoms with Crippen molar-refractivity contribution in [3.63, 3.8) is 0 Å². The van der Waals surface area contributed by atoms with E-state index in [1.807, 2.05) is 6.20 Å². The molecule has 5 heteroatoms. The molecule has 1 aromatic heterocycles. The molecule has 1 fully saturated rings. The van der Waals surface area contributed by atoms with Crippen LogP contribution in [0.3, 0.4) is 0 Å². The van der Waals surface area contributed by atoms with Crippen LogP contribution in [0, 0.1) is 0 Å². The van der Waals surface area contributed by atoms with Crippen LogP contribution in [-0.2, 0) is 6.54 Å². The molecule has 1 unspecified atom stereocenters. The normalized spacial score (nSPS) is 18.1. The lowest BCUT2D eigenvalue weighted by molar-refractivity contribution is 0.522. The highest BCUT2D eigenvalue weighted by Gasteiger charge is 2.22. The lowest BCUT2D eigenvalue weighted by Gasteiger charge is -2.20. The van der Waals surface area contributed by atoms with Gasteiger partial charge in [0.25, 0.3) is 0 Å². The van der Waals surface area contributed by atoms with Gasteiger partial charge in [-0.15, -0.1) is 0 Å². The molecule has 1 heterocycles. The van der Waals surface area contributed by atoms with Crippen LogP contribution in [0.1, 0.15) is 50.8 Å². The Hall–Kier alpha value is -0.0000000000000000763. The summed E-state index contributed by atoms with van der Waals surface area (Å²) in [5, 5.41) is 8.80. The summed E-state index contributed by atoms with van der Waals surface area (Å²) in [6, 6.07) is 0.383. The Labute approximate surface area is 129 Å². The number of aryl methyl sites for hydroxylation is 1. The second-order valence-corrected chi connectivity index (χ2v) is 7.37. The van der Waals surface area contributed by atoms with Gasteiger partial charge in [0.05, 0.1) is 22.4 Å². The zero-order valence-electron chi connectivity index (χ0n) is 11.9. The molecule has 1 atom stereocenters. The highest BCUT2D eigenvalue weighted by atomic mass is 79.9. The molecule has 1 aliphatic carbocycles. The average Bonchev–Trinajstić information content (AvgIpc) is 3.03. The fourth-order valence-corrected chi connectivity index (χ4v) is 4.72. The molecule has 2 rings (SSSR count). The number of halogens is 1. The molecule has 108 valence electrons. The second kappa shape index (κ2) is 7.70. The average molecular weight is 346 g/mol. The molecule has 0 bridgehead atoms. The number of thioether (sulfide) groups is 1. The SMILES string of the molecule is CCCn1ncc(Br)c1C(CSC1CCCC1)NC. The van der Waals surface area contributed by atoms with Crippen molar-refractivity contribution in [2.24, 2.45) is 0 Å². The molecule has 0 aromatic carbocycles. The van der Waals surface area contributed by atoms with Crippen molar-refractivity contribution in [1.82, 2.24) is 15.1 Å². The van der Waals surface area contributed by atoms with Crippen LogP contribution in [0.5, 0.6) is 0 Å². The summed E-state index contributed by atoms with van der Waals surface area (Å²) >= 11 is 5.78. The monoisotopic (exact) mass is 345 g/mol. The summed E-state index contributed by atoms with van der Waals surface area (Å²) < 4.78 is 3.27. The minimum absolute atomic E-state index is 0.383. The molecular formula is C14H24BrN3S. The van der Waals surface area contributed by atoms with Crippen LogP contribution in [0.15, 0.2) is 10.7 Å². The molecule has 1 saturated carbocycles. The van der Waals surface area contributed by atoms with E-state index in [0.29, 0.717) is 6.04 Å². The Morgan fingerprint density at radius 1 is 1.53 bits per heavy atom. The summed E-state index contributed by atoms with van der Waals surface area (Å²) in [6.07, 6.45) is 8.68. The van der Waals surface area contributed by atoms with E-state index < -0.39 is 0 Å². The van der Waals surface area contributed by atoms with Gasteiger partial charge in [0.1, 0.15) is 0 Å². The highest BCUT2D eigenvalue weighted by molar-refractivity contribution is 9.10. The van der Waals surface area contributed by atoms with Gasteiger partial charge in [0, 0.05) is 17.5 Å². The van der Waals surface area contributed by atoms with Gasteiger partial charge < -0.3 is 5.32 Å². The fraction of sp³-hybridized carbons (Fsp3) is 0.786. The minimum atomic E-state index is 0.383. The third-order valence-electron chi connectivity index (χ3n) is 3.75. The van der Waals surface area contributed by atoms with E-state index in [2.05, 4.69) is 56.8 Å². The molecule has 0 saturated heterocycles. The van der Waals surface area contributed by atoms with Crippen LogP contribution in [0.4, 0.5) is 0 Å². The van der Waals surface area contributed by atoms with Crippen molar-refractivity contribution < 1.29 is 0 Å². The lowest BCUT2D eigenvalue weighted by atomic mass is 10.2. The first-order valence-corrected chi connectivity index (χ1v) is 9.10. The maximum atomic E-state index is 4.47. The van der Waals surface area contributed by atoms with Gasteiger partial charge in [-0.1, -0.05) is 19.8 Å². The predicted octanol–water partition coefficient (Wildman–Crippen LogP) is 3.99. The first kappa shape index (κ1) is 15.4. The second-order valence-electron chi connectivity index (χ2n) is 5.18. The molecule has 1 aliphatic rings. The lowest BCUT2D eigenvalue weighted by Crippen LogP contribution is -2.24. The summed E-state index contributed by atoms with van der Waals surface area (Å²) in [4.78, 5) is 0. The number of hydrogen-bond donors (Lipinski definition) is 1. The quantitative estimate of drug-likeness (QED) is 0.810. The summed E-state index contributed by atoms with van der Waals surface area (Å²) in [7, 11) is 2.05. The van der Waals surface area contributed by atoms with E-state index >= 15 is 0 Å². The fourth-order valence-electron chi connectivity index (χ4n) is 2.69. The Morgan fingerprint density at radius 3 is 2.89 bits per heavy atom. The molecule has 1 N–H and O–H groups in total. The highest BCUT2D eigenvalue weighted by Crippen LogP contribution is 2.33. The number of nitrogens with one attached hydrogen (secondary N) is 1. The van der Waals surface area contributed by atoms with E-state index in [4.69, 9.17) is 0 Å². The van der Waals surface area contributed by atoms with E-state index in [9.17, 15) is 0 Å². The van der Waals surface area contributed by atoms with Crippen molar-refractivity contribution in [2.75, 3.05) is 12.8 Å². The van der Waals surface area contributed by atoms with Crippen molar-refractivity contribution in [3.8, 4) is 0 Å². The number of hydrogen-bond acceptors (Lipinski definition) is 3. The van der Waals surface area contributed by atoms with Crippen LogP contribution in [0.2, 0.25) is 0 Å². The number of nitrogens with zero attached hydrogens (tertiary/aromatic N) is 2. The van der Waals surface area contributed by atoms with Gasteiger partial charge in [0.2, 0.25) is 0 Å². The summed E-state index contributed by atoms with van der Waals surface area (Å²) in [5.41, 5.74) is 1.30. The van der Waals surface area contributed by atoms with Crippen molar-refractivity contribution >= 4 is 27.7 Å². The predicted molar refractivity (Wildman–Crippen MR) is 86.7 cm³/mol. The molecule has 0 spiro atoms.